The number of pyridine rings is 1. The van der Waals surface area contributed by atoms with E-state index in [4.69, 9.17) is 4.42 Å². The van der Waals surface area contributed by atoms with Gasteiger partial charge in [-0.05, 0) is 29.8 Å². The fourth-order valence-corrected chi connectivity index (χ4v) is 3.64. The molecule has 5 nitrogen and oxygen atoms in total. The average Bonchev–Trinajstić information content (AvgIpc) is 3.23. The third-order valence-electron chi connectivity index (χ3n) is 4.17. The summed E-state index contributed by atoms with van der Waals surface area (Å²) in [4.78, 5) is 21.3. The number of hydrogen-bond acceptors (Lipinski definition) is 5. The van der Waals surface area contributed by atoms with Gasteiger partial charge in [-0.2, -0.15) is 0 Å². The predicted molar refractivity (Wildman–Crippen MR) is 115 cm³/mol. The quantitative estimate of drug-likeness (QED) is 0.423. The van der Waals surface area contributed by atoms with Crippen LogP contribution in [-0.2, 0) is 10.5 Å². The number of benzene rings is 2. The Hall–Kier alpha value is -3.38. The van der Waals surface area contributed by atoms with Gasteiger partial charge in [0.15, 0.2) is 0 Å². The first-order chi connectivity index (χ1) is 14.2. The van der Waals surface area contributed by atoms with Crippen LogP contribution < -0.4 is 5.32 Å². The van der Waals surface area contributed by atoms with E-state index in [1.807, 2.05) is 18.2 Å². The van der Waals surface area contributed by atoms with E-state index in [1.54, 1.807) is 36.2 Å². The molecule has 4 rings (SSSR count). The number of carbonyl (C=O) groups excluding carboxylic acids is 1. The first-order valence-corrected chi connectivity index (χ1v) is 10.1. The zero-order chi connectivity index (χ0) is 20.1. The normalized spacial score (nSPS) is 10.7. The zero-order valence-electron chi connectivity index (χ0n) is 15.8. The van der Waals surface area contributed by atoms with Crippen molar-refractivity contribution in [1.82, 2.24) is 9.97 Å². The second-order valence-corrected chi connectivity index (χ2v) is 7.47. The van der Waals surface area contributed by atoms with Gasteiger partial charge in [0.1, 0.15) is 23.5 Å². The Kier molecular flexibility index (Phi) is 5.72. The number of thioether (sulfide) groups is 1. The van der Waals surface area contributed by atoms with E-state index in [2.05, 4.69) is 51.7 Å². The summed E-state index contributed by atoms with van der Waals surface area (Å²) >= 11 is 1.80. The Balaban J connectivity index is 1.46. The van der Waals surface area contributed by atoms with Crippen molar-refractivity contribution < 1.29 is 9.21 Å². The minimum atomic E-state index is -0.173. The number of amides is 1. The first-order valence-electron chi connectivity index (χ1n) is 9.15. The molecule has 0 atom stereocenters. The van der Waals surface area contributed by atoms with Crippen LogP contribution in [0.3, 0.4) is 0 Å². The third-order valence-corrected chi connectivity index (χ3v) is 5.26. The van der Waals surface area contributed by atoms with E-state index in [0.717, 1.165) is 17.0 Å². The van der Waals surface area contributed by atoms with Crippen molar-refractivity contribution in [1.29, 1.82) is 0 Å². The number of anilines is 1. The van der Waals surface area contributed by atoms with Gasteiger partial charge in [0.05, 0.1) is 0 Å². The molecule has 2 aromatic heterocycles. The van der Waals surface area contributed by atoms with Gasteiger partial charge < -0.3 is 9.73 Å². The van der Waals surface area contributed by atoms with Crippen LogP contribution in [0.15, 0.2) is 88.4 Å². The molecule has 0 unspecified atom stereocenters. The molecule has 1 amide bonds. The molecule has 0 spiro atoms. The maximum Gasteiger partial charge on any atom is 0.245 e. The van der Waals surface area contributed by atoms with Crippen molar-refractivity contribution in [2.75, 3.05) is 5.32 Å². The van der Waals surface area contributed by atoms with Crippen LogP contribution in [0, 0.1) is 0 Å². The molecule has 2 aromatic carbocycles. The van der Waals surface area contributed by atoms with Gasteiger partial charge in [-0.15, -0.1) is 11.8 Å². The largest absolute Gasteiger partial charge is 0.443 e. The highest BCUT2D eigenvalue weighted by Gasteiger charge is 2.11. The zero-order valence-corrected chi connectivity index (χ0v) is 16.6. The van der Waals surface area contributed by atoms with Crippen molar-refractivity contribution >= 4 is 23.5 Å². The summed E-state index contributed by atoms with van der Waals surface area (Å²) in [6, 6.07) is 24.0. The Morgan fingerprint density at radius 1 is 0.931 bits per heavy atom. The Bertz CT molecular complexity index is 1110. The molecular weight excluding hydrogens is 382 g/mol. The summed E-state index contributed by atoms with van der Waals surface area (Å²) in [6.45, 7) is 1.44. The fraction of sp³-hybridized carbons (Fsp3) is 0.0870. The van der Waals surface area contributed by atoms with Crippen molar-refractivity contribution in [2.45, 2.75) is 17.6 Å². The van der Waals surface area contributed by atoms with E-state index in [-0.39, 0.29) is 5.91 Å². The van der Waals surface area contributed by atoms with E-state index < -0.39 is 0 Å². The van der Waals surface area contributed by atoms with Crippen LogP contribution in [0.25, 0.3) is 22.8 Å². The summed E-state index contributed by atoms with van der Waals surface area (Å²) in [5.41, 5.74) is 3.59. The molecule has 0 aliphatic rings. The molecule has 0 saturated heterocycles. The lowest BCUT2D eigenvalue weighted by molar-refractivity contribution is -0.114. The molecule has 1 N–H and O–H groups in total. The molecule has 0 fully saturated rings. The fourth-order valence-electron chi connectivity index (χ4n) is 2.79. The molecule has 144 valence electrons. The molecule has 2 heterocycles. The van der Waals surface area contributed by atoms with Crippen molar-refractivity contribution in [2.24, 2.45) is 0 Å². The number of nitrogens with one attached hydrogen (secondary N) is 1. The van der Waals surface area contributed by atoms with Gasteiger partial charge in [0.2, 0.25) is 11.8 Å². The molecule has 0 aliphatic heterocycles. The highest BCUT2D eigenvalue weighted by molar-refractivity contribution is 7.98. The van der Waals surface area contributed by atoms with E-state index >= 15 is 0 Å². The van der Waals surface area contributed by atoms with Crippen LogP contribution >= 0.6 is 11.8 Å². The molecule has 29 heavy (non-hydrogen) atoms. The van der Waals surface area contributed by atoms with Gasteiger partial charge in [0.25, 0.3) is 0 Å². The van der Waals surface area contributed by atoms with Gasteiger partial charge in [-0.1, -0.05) is 48.5 Å². The van der Waals surface area contributed by atoms with Crippen LogP contribution in [-0.4, -0.2) is 15.9 Å². The third kappa shape index (κ3) is 4.92. The number of oxazole rings is 1. The number of aromatic nitrogens is 2. The number of rotatable bonds is 6. The van der Waals surface area contributed by atoms with E-state index in [9.17, 15) is 4.79 Å². The van der Waals surface area contributed by atoms with Gasteiger partial charge in [-0.3, -0.25) is 4.79 Å². The molecule has 0 bridgehead atoms. The summed E-state index contributed by atoms with van der Waals surface area (Å²) in [5, 5.41) is 2.66. The highest BCUT2D eigenvalue weighted by Crippen LogP contribution is 2.28. The summed E-state index contributed by atoms with van der Waals surface area (Å²) < 4.78 is 5.61. The monoisotopic (exact) mass is 401 g/mol. The van der Waals surface area contributed by atoms with Gasteiger partial charge >= 0.3 is 0 Å². The topological polar surface area (TPSA) is 68.0 Å². The van der Waals surface area contributed by atoms with Crippen LogP contribution in [0.5, 0.6) is 0 Å². The lowest BCUT2D eigenvalue weighted by Gasteiger charge is -2.03. The number of carbonyl (C=O) groups is 1. The standard InChI is InChI=1S/C23H19N3O2S/c1-16(27)24-22-9-5-8-20(25-22)23-26-21(14-28-23)18-10-12-19(13-11-18)29-15-17-6-3-2-4-7-17/h2-14H,15H2,1H3,(H,24,25,27). The maximum absolute atomic E-state index is 11.2. The van der Waals surface area contributed by atoms with E-state index in [0.29, 0.717) is 17.4 Å². The number of hydrogen-bond donors (Lipinski definition) is 1. The predicted octanol–water partition coefficient (Wildman–Crippen LogP) is 5.65. The van der Waals surface area contributed by atoms with Crippen LogP contribution in [0.1, 0.15) is 12.5 Å². The average molecular weight is 401 g/mol. The van der Waals surface area contributed by atoms with Crippen LogP contribution in [0.2, 0.25) is 0 Å². The van der Waals surface area contributed by atoms with Crippen molar-refractivity contribution in [3.8, 4) is 22.8 Å². The van der Waals surface area contributed by atoms with Crippen LogP contribution in [0.4, 0.5) is 5.82 Å². The second kappa shape index (κ2) is 8.75. The second-order valence-electron chi connectivity index (χ2n) is 6.43. The summed E-state index contributed by atoms with van der Waals surface area (Å²) in [6.07, 6.45) is 1.62. The summed E-state index contributed by atoms with van der Waals surface area (Å²) in [5.74, 6) is 1.64. The van der Waals surface area contributed by atoms with Gasteiger partial charge in [-0.25, -0.2) is 9.97 Å². The van der Waals surface area contributed by atoms with Crippen molar-refractivity contribution in [3.63, 3.8) is 0 Å². The first kappa shape index (κ1) is 19.0. The smallest absolute Gasteiger partial charge is 0.245 e. The lowest BCUT2D eigenvalue weighted by Crippen LogP contribution is -2.07. The molecule has 0 aliphatic carbocycles. The highest BCUT2D eigenvalue weighted by atomic mass is 32.2. The Morgan fingerprint density at radius 2 is 1.72 bits per heavy atom. The molecular formula is C23H19N3O2S. The lowest BCUT2D eigenvalue weighted by atomic mass is 10.2. The molecule has 0 saturated carbocycles. The SMILES string of the molecule is CC(=O)Nc1cccc(-c2nc(-c3ccc(SCc4ccccc4)cc3)co2)n1. The minimum Gasteiger partial charge on any atom is -0.443 e. The Labute approximate surface area is 173 Å². The summed E-state index contributed by atoms with van der Waals surface area (Å²) in [7, 11) is 0. The van der Waals surface area contributed by atoms with Gasteiger partial charge in [0, 0.05) is 23.1 Å². The molecule has 6 heteroatoms. The van der Waals surface area contributed by atoms with Crippen molar-refractivity contribution in [3.05, 3.63) is 84.6 Å². The Morgan fingerprint density at radius 3 is 2.48 bits per heavy atom. The maximum atomic E-state index is 11.2. The molecule has 4 aromatic rings. The van der Waals surface area contributed by atoms with E-state index in [1.165, 1.54) is 17.4 Å². The minimum absolute atomic E-state index is 0.173. The molecule has 0 radical (unpaired) electrons. The number of nitrogens with zero attached hydrogens (tertiary/aromatic N) is 2.